The molecule has 28 heavy (non-hydrogen) atoms. The van der Waals surface area contributed by atoms with E-state index in [2.05, 4.69) is 23.5 Å². The fourth-order valence-corrected chi connectivity index (χ4v) is 2.79. The van der Waals surface area contributed by atoms with Crippen LogP contribution in [0, 0.1) is 11.8 Å². The Bertz CT molecular complexity index is 971. The Morgan fingerprint density at radius 1 is 1.21 bits per heavy atom. The Labute approximate surface area is 162 Å². The van der Waals surface area contributed by atoms with Gasteiger partial charge in [0.25, 0.3) is 5.91 Å². The summed E-state index contributed by atoms with van der Waals surface area (Å²) in [6.07, 6.45) is 2.84. The van der Waals surface area contributed by atoms with Crippen LogP contribution in [0.1, 0.15) is 27.7 Å². The molecule has 0 atom stereocenters. The average molecular weight is 380 g/mol. The van der Waals surface area contributed by atoms with Crippen LogP contribution in [0.3, 0.4) is 0 Å². The minimum absolute atomic E-state index is 0.0329. The molecule has 1 aromatic heterocycles. The van der Waals surface area contributed by atoms with Crippen molar-refractivity contribution in [2.75, 3.05) is 27.3 Å². The molecule has 1 aromatic carbocycles. The molecule has 2 heterocycles. The van der Waals surface area contributed by atoms with Crippen molar-refractivity contribution < 1.29 is 19.1 Å². The van der Waals surface area contributed by atoms with Crippen LogP contribution in [-0.4, -0.2) is 53.8 Å². The number of hydrogen-bond acceptors (Lipinski definition) is 5. The van der Waals surface area contributed by atoms with E-state index in [9.17, 15) is 9.59 Å². The van der Waals surface area contributed by atoms with Gasteiger partial charge in [-0.15, -0.1) is 0 Å². The fraction of sp³-hybridized carbons (Fsp3) is 0.250. The summed E-state index contributed by atoms with van der Waals surface area (Å²) in [6.45, 7) is 4.45. The minimum Gasteiger partial charge on any atom is -0.497 e. The molecule has 144 valence electrons. The molecular formula is C20H20N4O4. The number of aromatic nitrogens is 2. The number of rotatable bonds is 5. The normalized spacial score (nSPS) is 13.1. The molecule has 1 aliphatic heterocycles. The SMILES string of the molecule is C=CC(=O)N1CC(n2cc(C(N)=O)c(C#Cc3cc(OC)cc(OC)c3)n2)C1. The van der Waals surface area contributed by atoms with E-state index >= 15 is 0 Å². The first kappa shape index (κ1) is 19.0. The van der Waals surface area contributed by atoms with E-state index in [4.69, 9.17) is 15.2 Å². The van der Waals surface area contributed by atoms with E-state index in [1.165, 1.54) is 6.08 Å². The number of carbonyl (C=O) groups excluding carboxylic acids is 2. The molecule has 2 N–H and O–H groups in total. The molecule has 1 aliphatic rings. The molecular weight excluding hydrogens is 360 g/mol. The molecule has 0 unspecified atom stereocenters. The lowest BCUT2D eigenvalue weighted by atomic mass is 10.1. The van der Waals surface area contributed by atoms with Crippen LogP contribution in [0.2, 0.25) is 0 Å². The van der Waals surface area contributed by atoms with Crippen LogP contribution in [0.25, 0.3) is 0 Å². The highest BCUT2D eigenvalue weighted by Gasteiger charge is 2.32. The molecule has 2 aromatic rings. The summed E-state index contributed by atoms with van der Waals surface area (Å²) < 4.78 is 12.1. The average Bonchev–Trinajstić information content (AvgIpc) is 3.08. The van der Waals surface area contributed by atoms with Crippen molar-refractivity contribution in [2.24, 2.45) is 5.73 Å². The number of ether oxygens (including phenoxy) is 2. The van der Waals surface area contributed by atoms with Gasteiger partial charge in [0.1, 0.15) is 17.2 Å². The van der Waals surface area contributed by atoms with E-state index in [0.29, 0.717) is 30.2 Å². The van der Waals surface area contributed by atoms with E-state index in [-0.39, 0.29) is 23.2 Å². The van der Waals surface area contributed by atoms with Crippen molar-refractivity contribution in [1.29, 1.82) is 0 Å². The lowest BCUT2D eigenvalue weighted by Crippen LogP contribution is -2.50. The molecule has 1 fully saturated rings. The molecule has 2 amide bonds. The Morgan fingerprint density at radius 2 is 1.86 bits per heavy atom. The second-order valence-electron chi connectivity index (χ2n) is 6.19. The standard InChI is InChI=1S/C20H20N4O4/c1-4-19(25)23-10-14(11-23)24-12-17(20(21)26)18(22-24)6-5-13-7-15(27-2)9-16(8-13)28-3/h4,7-9,12,14H,1,10-11H2,2-3H3,(H2,21,26). The number of amides is 2. The van der Waals surface area contributed by atoms with Gasteiger partial charge in [-0.25, -0.2) is 0 Å². The van der Waals surface area contributed by atoms with Gasteiger partial charge < -0.3 is 20.1 Å². The highest BCUT2D eigenvalue weighted by molar-refractivity contribution is 5.94. The minimum atomic E-state index is -0.614. The number of carbonyl (C=O) groups is 2. The van der Waals surface area contributed by atoms with Crippen LogP contribution >= 0.6 is 0 Å². The van der Waals surface area contributed by atoms with Crippen molar-refractivity contribution >= 4 is 11.8 Å². The van der Waals surface area contributed by atoms with Crippen molar-refractivity contribution in [3.63, 3.8) is 0 Å². The molecule has 0 bridgehead atoms. The lowest BCUT2D eigenvalue weighted by Gasteiger charge is -2.38. The van der Waals surface area contributed by atoms with Crippen LogP contribution in [0.4, 0.5) is 0 Å². The van der Waals surface area contributed by atoms with E-state index in [0.717, 1.165) is 0 Å². The second kappa shape index (κ2) is 7.88. The maximum absolute atomic E-state index is 11.8. The first-order valence-electron chi connectivity index (χ1n) is 8.50. The largest absolute Gasteiger partial charge is 0.497 e. The van der Waals surface area contributed by atoms with Gasteiger partial charge in [0.15, 0.2) is 0 Å². The monoisotopic (exact) mass is 380 g/mol. The van der Waals surface area contributed by atoms with Gasteiger partial charge in [-0.2, -0.15) is 5.10 Å². The summed E-state index contributed by atoms with van der Waals surface area (Å²) in [5.74, 6) is 6.31. The zero-order valence-corrected chi connectivity index (χ0v) is 15.6. The van der Waals surface area contributed by atoms with Crippen LogP contribution in [0.5, 0.6) is 11.5 Å². The van der Waals surface area contributed by atoms with Gasteiger partial charge in [-0.1, -0.05) is 12.5 Å². The Kier molecular flexibility index (Phi) is 5.36. The summed E-state index contributed by atoms with van der Waals surface area (Å²) in [6, 6.07) is 5.21. The van der Waals surface area contributed by atoms with Gasteiger partial charge in [-0.05, 0) is 24.1 Å². The third kappa shape index (κ3) is 3.83. The van der Waals surface area contributed by atoms with Gasteiger partial charge in [0, 0.05) is 30.9 Å². The first-order valence-corrected chi connectivity index (χ1v) is 8.50. The third-order valence-electron chi connectivity index (χ3n) is 4.40. The third-order valence-corrected chi connectivity index (χ3v) is 4.40. The Balaban J connectivity index is 1.87. The maximum Gasteiger partial charge on any atom is 0.253 e. The van der Waals surface area contributed by atoms with Crippen LogP contribution < -0.4 is 15.2 Å². The van der Waals surface area contributed by atoms with Gasteiger partial charge in [-0.3, -0.25) is 14.3 Å². The zero-order valence-electron chi connectivity index (χ0n) is 15.6. The molecule has 0 aliphatic carbocycles. The molecule has 1 saturated heterocycles. The van der Waals surface area contributed by atoms with Crippen LogP contribution in [0.15, 0.2) is 37.1 Å². The second-order valence-corrected chi connectivity index (χ2v) is 6.19. The molecule has 0 radical (unpaired) electrons. The molecule has 8 nitrogen and oxygen atoms in total. The highest BCUT2D eigenvalue weighted by atomic mass is 16.5. The topological polar surface area (TPSA) is 99.7 Å². The summed E-state index contributed by atoms with van der Waals surface area (Å²) in [5.41, 5.74) is 6.63. The highest BCUT2D eigenvalue weighted by Crippen LogP contribution is 2.23. The van der Waals surface area contributed by atoms with Gasteiger partial charge in [0.05, 0.1) is 25.8 Å². The van der Waals surface area contributed by atoms with E-state index in [1.807, 2.05) is 0 Å². The number of benzene rings is 1. The van der Waals surface area contributed by atoms with Gasteiger partial charge in [0.2, 0.25) is 5.91 Å². The number of nitrogens with zero attached hydrogens (tertiary/aromatic N) is 3. The molecule has 8 heteroatoms. The number of likely N-dealkylation sites (tertiary alicyclic amines) is 1. The quantitative estimate of drug-likeness (QED) is 0.615. The van der Waals surface area contributed by atoms with Gasteiger partial charge >= 0.3 is 0 Å². The van der Waals surface area contributed by atoms with E-state index in [1.54, 1.807) is 48.2 Å². The number of nitrogens with two attached hydrogens (primary N) is 1. The van der Waals surface area contributed by atoms with Crippen LogP contribution in [-0.2, 0) is 4.79 Å². The smallest absolute Gasteiger partial charge is 0.253 e. The zero-order chi connectivity index (χ0) is 20.3. The van der Waals surface area contributed by atoms with E-state index < -0.39 is 5.91 Å². The fourth-order valence-electron chi connectivity index (χ4n) is 2.79. The van der Waals surface area contributed by atoms with Crippen molar-refractivity contribution in [2.45, 2.75) is 6.04 Å². The summed E-state index contributed by atoms with van der Waals surface area (Å²) in [4.78, 5) is 25.0. The summed E-state index contributed by atoms with van der Waals surface area (Å²) >= 11 is 0. The Hall–Kier alpha value is -3.73. The molecule has 0 spiro atoms. The summed E-state index contributed by atoms with van der Waals surface area (Å²) in [7, 11) is 3.11. The predicted octanol–water partition coefficient (Wildman–Crippen LogP) is 0.968. The predicted molar refractivity (Wildman–Crippen MR) is 102 cm³/mol. The number of methoxy groups -OCH3 is 2. The van der Waals surface area contributed by atoms with Crippen molar-refractivity contribution in [1.82, 2.24) is 14.7 Å². The van der Waals surface area contributed by atoms with Crippen molar-refractivity contribution in [3.05, 3.63) is 53.9 Å². The number of hydrogen-bond donors (Lipinski definition) is 1. The first-order chi connectivity index (χ1) is 13.4. The molecule has 3 rings (SSSR count). The molecule has 0 saturated carbocycles. The lowest BCUT2D eigenvalue weighted by molar-refractivity contribution is -0.131. The Morgan fingerprint density at radius 3 is 2.39 bits per heavy atom. The summed E-state index contributed by atoms with van der Waals surface area (Å²) in [5, 5.41) is 4.39. The maximum atomic E-state index is 11.8. The van der Waals surface area contributed by atoms with Crippen molar-refractivity contribution in [3.8, 4) is 23.3 Å². The number of primary amides is 1.